The first-order chi connectivity index (χ1) is 13.2. The molecule has 1 aliphatic rings. The van der Waals surface area contributed by atoms with Crippen molar-refractivity contribution in [2.75, 3.05) is 20.6 Å². The van der Waals surface area contributed by atoms with Crippen molar-refractivity contribution in [3.8, 4) is 0 Å². The molecule has 0 bridgehead atoms. The number of hydrogen-bond acceptors (Lipinski definition) is 3. The van der Waals surface area contributed by atoms with Crippen LogP contribution in [-0.4, -0.2) is 46.3 Å². The molecule has 1 aromatic carbocycles. The fourth-order valence-corrected chi connectivity index (χ4v) is 3.76. The van der Waals surface area contributed by atoms with E-state index >= 15 is 0 Å². The van der Waals surface area contributed by atoms with Gasteiger partial charge in [-0.2, -0.15) is 0 Å². The van der Waals surface area contributed by atoms with Gasteiger partial charge >= 0.3 is 0 Å². The third-order valence-corrected chi connectivity index (χ3v) is 5.48. The number of halogens is 2. The van der Waals surface area contributed by atoms with Crippen LogP contribution >= 0.6 is 39.9 Å². The van der Waals surface area contributed by atoms with E-state index in [2.05, 4.69) is 77.2 Å². The van der Waals surface area contributed by atoms with Crippen LogP contribution in [0.15, 0.2) is 33.7 Å². The number of nitrogens with one attached hydrogen (secondary N) is 1. The smallest absolute Gasteiger partial charge is 0.193 e. The van der Waals surface area contributed by atoms with Gasteiger partial charge in [-0.05, 0) is 37.0 Å². The number of fused-ring (bicyclic) bond motifs is 1. The van der Waals surface area contributed by atoms with Gasteiger partial charge in [0.05, 0.1) is 0 Å². The lowest BCUT2D eigenvalue weighted by Crippen LogP contribution is -2.39. The number of rotatable bonds is 6. The van der Waals surface area contributed by atoms with Crippen LogP contribution in [-0.2, 0) is 25.9 Å². The van der Waals surface area contributed by atoms with Gasteiger partial charge in [0.2, 0.25) is 0 Å². The Morgan fingerprint density at radius 1 is 1.21 bits per heavy atom. The predicted molar refractivity (Wildman–Crippen MR) is 128 cm³/mol. The molecule has 0 fully saturated rings. The molecule has 0 amide bonds. The van der Waals surface area contributed by atoms with Gasteiger partial charge in [-0.3, -0.25) is 4.99 Å². The standard InChI is InChI=1S/C20H29BrN6.HI/c1-22-20(26(2)15-16-9-11-17(21)12-10-16)23-13-6-8-19-25-24-18-7-4-3-5-14-27(18)19;/h9-12H,3-8,13-15H2,1-2H3,(H,22,23);1H. The molecular formula is C20H30BrIN6. The van der Waals surface area contributed by atoms with Crippen molar-refractivity contribution >= 4 is 45.9 Å². The van der Waals surface area contributed by atoms with E-state index in [1.54, 1.807) is 0 Å². The van der Waals surface area contributed by atoms with E-state index in [9.17, 15) is 0 Å². The molecule has 154 valence electrons. The van der Waals surface area contributed by atoms with Crippen molar-refractivity contribution in [3.05, 3.63) is 46.0 Å². The molecule has 8 heteroatoms. The lowest BCUT2D eigenvalue weighted by atomic mass is 10.2. The Bertz CT molecular complexity index is 759. The summed E-state index contributed by atoms with van der Waals surface area (Å²) in [5.41, 5.74) is 1.26. The summed E-state index contributed by atoms with van der Waals surface area (Å²) < 4.78 is 3.43. The number of guanidine groups is 1. The van der Waals surface area contributed by atoms with Gasteiger partial charge in [-0.25, -0.2) is 0 Å². The summed E-state index contributed by atoms with van der Waals surface area (Å²) >= 11 is 3.48. The maximum Gasteiger partial charge on any atom is 0.193 e. The van der Waals surface area contributed by atoms with Crippen LogP contribution in [0.3, 0.4) is 0 Å². The van der Waals surface area contributed by atoms with Crippen LogP contribution in [0, 0.1) is 0 Å². The molecule has 28 heavy (non-hydrogen) atoms. The van der Waals surface area contributed by atoms with Crippen LogP contribution in [0.5, 0.6) is 0 Å². The Morgan fingerprint density at radius 2 is 2.00 bits per heavy atom. The van der Waals surface area contributed by atoms with Crippen LogP contribution in [0.4, 0.5) is 0 Å². The Morgan fingerprint density at radius 3 is 2.75 bits per heavy atom. The van der Waals surface area contributed by atoms with Gasteiger partial charge in [0.25, 0.3) is 0 Å². The van der Waals surface area contributed by atoms with Crippen LogP contribution < -0.4 is 5.32 Å². The third-order valence-electron chi connectivity index (χ3n) is 4.95. The average Bonchev–Trinajstić information content (AvgIpc) is 2.90. The summed E-state index contributed by atoms with van der Waals surface area (Å²) in [6.07, 6.45) is 6.81. The van der Waals surface area contributed by atoms with Gasteiger partial charge in [-0.15, -0.1) is 34.2 Å². The monoisotopic (exact) mass is 560 g/mol. The van der Waals surface area contributed by atoms with Crippen molar-refractivity contribution in [1.82, 2.24) is 25.0 Å². The van der Waals surface area contributed by atoms with Crippen molar-refractivity contribution in [2.24, 2.45) is 4.99 Å². The molecule has 0 atom stereocenters. The number of nitrogens with zero attached hydrogens (tertiary/aromatic N) is 5. The Balaban J connectivity index is 0.00000280. The molecule has 1 aromatic heterocycles. The summed E-state index contributed by atoms with van der Waals surface area (Å²) in [6.45, 7) is 2.77. The molecule has 2 heterocycles. The number of benzene rings is 1. The normalized spacial score (nSPS) is 14.0. The van der Waals surface area contributed by atoms with Crippen molar-refractivity contribution in [3.63, 3.8) is 0 Å². The second kappa shape index (κ2) is 11.7. The fourth-order valence-electron chi connectivity index (χ4n) is 3.50. The molecule has 0 radical (unpaired) electrons. The van der Waals surface area contributed by atoms with Gasteiger partial charge in [-0.1, -0.05) is 34.5 Å². The van der Waals surface area contributed by atoms with E-state index in [1.165, 1.54) is 30.7 Å². The van der Waals surface area contributed by atoms with E-state index < -0.39 is 0 Å². The van der Waals surface area contributed by atoms with Crippen LogP contribution in [0.25, 0.3) is 0 Å². The van der Waals surface area contributed by atoms with Gasteiger partial charge in [0.15, 0.2) is 5.96 Å². The van der Waals surface area contributed by atoms with Gasteiger partial charge in [0.1, 0.15) is 11.6 Å². The molecule has 1 aliphatic heterocycles. The zero-order valence-electron chi connectivity index (χ0n) is 16.7. The zero-order chi connectivity index (χ0) is 19.1. The zero-order valence-corrected chi connectivity index (χ0v) is 20.6. The summed E-state index contributed by atoms with van der Waals surface area (Å²) in [6, 6.07) is 8.40. The van der Waals surface area contributed by atoms with E-state index in [-0.39, 0.29) is 24.0 Å². The molecule has 0 saturated carbocycles. The number of aliphatic imine (C=N–C) groups is 1. The van der Waals surface area contributed by atoms with Gasteiger partial charge in [0, 0.05) is 51.0 Å². The van der Waals surface area contributed by atoms with E-state index in [0.29, 0.717) is 0 Å². The summed E-state index contributed by atoms with van der Waals surface area (Å²) in [7, 11) is 3.90. The van der Waals surface area contributed by atoms with Crippen LogP contribution in [0.2, 0.25) is 0 Å². The highest BCUT2D eigenvalue weighted by molar-refractivity contribution is 14.0. The third kappa shape index (κ3) is 6.43. The first-order valence-corrected chi connectivity index (χ1v) is 10.5. The molecular weight excluding hydrogens is 531 g/mol. The quantitative estimate of drug-likeness (QED) is 0.251. The lowest BCUT2D eigenvalue weighted by molar-refractivity contribution is 0.475. The lowest BCUT2D eigenvalue weighted by Gasteiger charge is -2.22. The molecule has 0 unspecified atom stereocenters. The average molecular weight is 561 g/mol. The minimum atomic E-state index is 0. The largest absolute Gasteiger partial charge is 0.356 e. The number of hydrogen-bond donors (Lipinski definition) is 1. The molecule has 3 rings (SSSR count). The van der Waals surface area contributed by atoms with Crippen molar-refractivity contribution in [1.29, 1.82) is 0 Å². The first kappa shape index (κ1) is 23.1. The van der Waals surface area contributed by atoms with Crippen molar-refractivity contribution < 1.29 is 0 Å². The molecule has 2 aromatic rings. The minimum absolute atomic E-state index is 0. The summed E-state index contributed by atoms with van der Waals surface area (Å²) in [4.78, 5) is 6.55. The Kier molecular flexibility index (Phi) is 9.70. The Labute approximate surface area is 193 Å². The van der Waals surface area contributed by atoms with Crippen LogP contribution in [0.1, 0.15) is 42.9 Å². The molecule has 0 aliphatic carbocycles. The predicted octanol–water partition coefficient (Wildman–Crippen LogP) is 4.03. The molecule has 0 saturated heterocycles. The fraction of sp³-hybridized carbons (Fsp3) is 0.550. The topological polar surface area (TPSA) is 58.3 Å². The van der Waals surface area contributed by atoms with E-state index in [1.807, 2.05) is 7.05 Å². The Hall–Kier alpha value is -1.16. The molecule has 1 N–H and O–H groups in total. The second-order valence-electron chi connectivity index (χ2n) is 7.05. The number of aryl methyl sites for hydroxylation is 2. The maximum absolute atomic E-state index is 4.42. The molecule has 0 spiro atoms. The molecule has 6 nitrogen and oxygen atoms in total. The minimum Gasteiger partial charge on any atom is -0.356 e. The van der Waals surface area contributed by atoms with Crippen molar-refractivity contribution in [2.45, 2.75) is 51.6 Å². The van der Waals surface area contributed by atoms with E-state index in [0.717, 1.165) is 55.2 Å². The second-order valence-corrected chi connectivity index (χ2v) is 7.97. The first-order valence-electron chi connectivity index (χ1n) is 9.74. The van der Waals surface area contributed by atoms with E-state index in [4.69, 9.17) is 0 Å². The highest BCUT2D eigenvalue weighted by Crippen LogP contribution is 2.15. The highest BCUT2D eigenvalue weighted by Gasteiger charge is 2.14. The summed E-state index contributed by atoms with van der Waals surface area (Å²) in [5, 5.41) is 12.3. The number of aromatic nitrogens is 3. The summed E-state index contributed by atoms with van der Waals surface area (Å²) in [5.74, 6) is 3.21. The highest BCUT2D eigenvalue weighted by atomic mass is 127. The van der Waals surface area contributed by atoms with Gasteiger partial charge < -0.3 is 14.8 Å². The SMILES string of the molecule is CN=C(NCCCc1nnc2n1CCCCC2)N(C)Cc1ccc(Br)cc1.I. The maximum atomic E-state index is 4.42.